The number of ether oxygens (including phenoxy) is 3. The van der Waals surface area contributed by atoms with E-state index in [4.69, 9.17) is 9.47 Å². The van der Waals surface area contributed by atoms with Gasteiger partial charge in [0.05, 0.1) is 11.5 Å². The Morgan fingerprint density at radius 3 is 2.12 bits per heavy atom. The number of hydrogen-bond acceptors (Lipinski definition) is 9. The molecule has 1 rings (SSSR count). The molecular formula is C14H13NO9. The first kappa shape index (κ1) is 18.7. The van der Waals surface area contributed by atoms with E-state index in [1.165, 1.54) is 6.92 Å². The van der Waals surface area contributed by atoms with Crippen molar-refractivity contribution in [2.45, 2.75) is 20.8 Å². The minimum atomic E-state index is -1.24. The Morgan fingerprint density at radius 2 is 1.67 bits per heavy atom. The summed E-state index contributed by atoms with van der Waals surface area (Å²) in [5.41, 5.74) is -1.27. The number of Topliss-reactive ketones (excluding diaryl/α,β-unsaturated/α-hetero) is 1. The minimum Gasteiger partial charge on any atom is -0.460 e. The third-order valence-electron chi connectivity index (χ3n) is 2.45. The van der Waals surface area contributed by atoms with Gasteiger partial charge in [-0.05, 0) is 13.0 Å². The monoisotopic (exact) mass is 339 g/mol. The highest BCUT2D eigenvalue weighted by Gasteiger charge is 2.29. The van der Waals surface area contributed by atoms with Crippen LogP contribution in [0, 0.1) is 10.1 Å². The molecule has 0 spiro atoms. The summed E-state index contributed by atoms with van der Waals surface area (Å²) in [7, 11) is 0. The second-order valence-electron chi connectivity index (χ2n) is 4.32. The molecule has 10 heteroatoms. The van der Waals surface area contributed by atoms with Gasteiger partial charge in [0, 0.05) is 25.5 Å². The molecule has 1 aromatic carbocycles. The highest BCUT2D eigenvalue weighted by Crippen LogP contribution is 2.39. The number of esters is 3. The Bertz CT molecular complexity index is 723. The number of ketones is 1. The number of nitro benzene ring substituents is 1. The van der Waals surface area contributed by atoms with E-state index < -0.39 is 51.4 Å². The first-order chi connectivity index (χ1) is 11.2. The van der Waals surface area contributed by atoms with E-state index in [1.54, 1.807) is 0 Å². The van der Waals surface area contributed by atoms with E-state index in [1.807, 2.05) is 0 Å². The van der Waals surface area contributed by atoms with E-state index in [9.17, 15) is 29.3 Å². The van der Waals surface area contributed by atoms with Crippen molar-refractivity contribution in [1.82, 2.24) is 0 Å². The fourth-order valence-corrected chi connectivity index (χ4v) is 1.65. The molecule has 0 unspecified atom stereocenters. The van der Waals surface area contributed by atoms with Crippen LogP contribution in [0.2, 0.25) is 0 Å². The fraction of sp³-hybridized carbons (Fsp3) is 0.286. The number of benzene rings is 1. The van der Waals surface area contributed by atoms with Crippen LogP contribution in [-0.4, -0.2) is 35.2 Å². The number of carbonyl (C=O) groups excluding carboxylic acids is 4. The predicted octanol–water partition coefficient (Wildman–Crippen LogP) is 1.19. The molecule has 0 aliphatic rings. The maximum Gasteiger partial charge on any atom is 0.379 e. The molecule has 0 aromatic heterocycles. The van der Waals surface area contributed by atoms with Crippen molar-refractivity contribution in [3.05, 3.63) is 27.8 Å². The minimum absolute atomic E-state index is 0.0744. The molecule has 0 amide bonds. The van der Waals surface area contributed by atoms with Gasteiger partial charge in [-0.2, -0.15) is 0 Å². The van der Waals surface area contributed by atoms with Crippen molar-refractivity contribution in [2.75, 3.05) is 6.61 Å². The Morgan fingerprint density at radius 1 is 1.08 bits per heavy atom. The standard InChI is InChI=1S/C14H13NO9/c1-4-22-14(19)12(18)9-5-10(15(20)21)13(24-8(3)17)11(6-9)23-7(2)16/h5-6H,4H2,1-3H3. The van der Waals surface area contributed by atoms with Gasteiger partial charge in [-0.3, -0.25) is 24.5 Å². The van der Waals surface area contributed by atoms with Crippen LogP contribution in [0.5, 0.6) is 11.5 Å². The number of rotatable bonds is 6. The van der Waals surface area contributed by atoms with Gasteiger partial charge in [0.15, 0.2) is 5.75 Å². The van der Waals surface area contributed by atoms with Crippen LogP contribution in [0.15, 0.2) is 12.1 Å². The first-order valence-corrected chi connectivity index (χ1v) is 6.58. The lowest BCUT2D eigenvalue weighted by atomic mass is 10.1. The second-order valence-corrected chi connectivity index (χ2v) is 4.32. The summed E-state index contributed by atoms with van der Waals surface area (Å²) < 4.78 is 14.0. The molecule has 0 saturated carbocycles. The van der Waals surface area contributed by atoms with Gasteiger partial charge >= 0.3 is 23.6 Å². The summed E-state index contributed by atoms with van der Waals surface area (Å²) in [5, 5.41) is 11.2. The van der Waals surface area contributed by atoms with Crippen LogP contribution in [0.4, 0.5) is 5.69 Å². The SMILES string of the molecule is CCOC(=O)C(=O)c1cc(OC(C)=O)c(OC(C)=O)c([N+](=O)[O-])c1. The number of hydrogen-bond donors (Lipinski definition) is 0. The fourth-order valence-electron chi connectivity index (χ4n) is 1.65. The average Bonchev–Trinajstić information content (AvgIpc) is 2.46. The lowest BCUT2D eigenvalue weighted by Crippen LogP contribution is -2.18. The normalized spacial score (nSPS) is 9.79. The van der Waals surface area contributed by atoms with E-state index in [0.717, 1.165) is 26.0 Å². The highest BCUT2D eigenvalue weighted by atomic mass is 16.6. The highest BCUT2D eigenvalue weighted by molar-refractivity contribution is 6.40. The molecule has 0 aliphatic heterocycles. The largest absolute Gasteiger partial charge is 0.460 e. The van der Waals surface area contributed by atoms with E-state index in [0.29, 0.717) is 0 Å². The molecule has 0 radical (unpaired) electrons. The van der Waals surface area contributed by atoms with E-state index in [2.05, 4.69) is 4.74 Å². The Labute approximate surface area is 135 Å². The van der Waals surface area contributed by atoms with Gasteiger partial charge in [0.1, 0.15) is 0 Å². The molecule has 24 heavy (non-hydrogen) atoms. The topological polar surface area (TPSA) is 139 Å². The van der Waals surface area contributed by atoms with E-state index >= 15 is 0 Å². The summed E-state index contributed by atoms with van der Waals surface area (Å²) in [6.07, 6.45) is 0. The third-order valence-corrected chi connectivity index (χ3v) is 2.45. The van der Waals surface area contributed by atoms with E-state index in [-0.39, 0.29) is 6.61 Å². The molecule has 10 nitrogen and oxygen atoms in total. The second kappa shape index (κ2) is 7.81. The van der Waals surface area contributed by atoms with Crippen LogP contribution in [0.25, 0.3) is 0 Å². The molecule has 0 heterocycles. The number of nitro groups is 1. The molecule has 0 atom stereocenters. The average molecular weight is 339 g/mol. The van der Waals surface area contributed by atoms with Gasteiger partial charge < -0.3 is 14.2 Å². The Hall–Kier alpha value is -3.30. The lowest BCUT2D eigenvalue weighted by molar-refractivity contribution is -0.385. The zero-order chi connectivity index (χ0) is 18.4. The van der Waals surface area contributed by atoms with Crippen LogP contribution in [-0.2, 0) is 19.1 Å². The van der Waals surface area contributed by atoms with Gasteiger partial charge in [0.2, 0.25) is 0 Å². The van der Waals surface area contributed by atoms with Crippen molar-refractivity contribution in [3.8, 4) is 11.5 Å². The number of carbonyl (C=O) groups is 4. The smallest absolute Gasteiger partial charge is 0.379 e. The molecule has 0 fully saturated rings. The van der Waals surface area contributed by atoms with Gasteiger partial charge in [-0.1, -0.05) is 0 Å². The van der Waals surface area contributed by atoms with Crippen molar-refractivity contribution in [2.24, 2.45) is 0 Å². The third kappa shape index (κ3) is 4.60. The molecule has 0 bridgehead atoms. The summed E-state index contributed by atoms with van der Waals surface area (Å²) >= 11 is 0. The molecule has 0 N–H and O–H groups in total. The van der Waals surface area contributed by atoms with Gasteiger partial charge in [0.25, 0.3) is 11.5 Å². The zero-order valence-electron chi connectivity index (χ0n) is 13.0. The molecule has 1 aromatic rings. The van der Waals surface area contributed by atoms with Crippen LogP contribution >= 0.6 is 0 Å². The summed E-state index contributed by atoms with van der Waals surface area (Å²) in [6, 6.07) is 1.61. The first-order valence-electron chi connectivity index (χ1n) is 6.58. The lowest BCUT2D eigenvalue weighted by Gasteiger charge is -2.10. The van der Waals surface area contributed by atoms with Gasteiger partial charge in [-0.15, -0.1) is 0 Å². The van der Waals surface area contributed by atoms with Crippen molar-refractivity contribution in [1.29, 1.82) is 0 Å². The Balaban J connectivity index is 3.53. The molecule has 0 aliphatic carbocycles. The molecule has 128 valence electrons. The summed E-state index contributed by atoms with van der Waals surface area (Å²) in [6.45, 7) is 3.39. The maximum atomic E-state index is 11.9. The van der Waals surface area contributed by atoms with Crippen molar-refractivity contribution < 1.29 is 38.3 Å². The maximum absolute atomic E-state index is 11.9. The number of nitrogens with zero attached hydrogens (tertiary/aromatic N) is 1. The molecule has 0 saturated heterocycles. The summed E-state index contributed by atoms with van der Waals surface area (Å²) in [5.74, 6) is -5.39. The van der Waals surface area contributed by atoms with Gasteiger partial charge in [-0.25, -0.2) is 4.79 Å². The zero-order valence-corrected chi connectivity index (χ0v) is 13.0. The van der Waals surface area contributed by atoms with Crippen LogP contribution < -0.4 is 9.47 Å². The predicted molar refractivity (Wildman–Crippen MR) is 76.7 cm³/mol. The Kier molecular flexibility index (Phi) is 6.10. The van der Waals surface area contributed by atoms with Crippen LogP contribution in [0.1, 0.15) is 31.1 Å². The quantitative estimate of drug-likeness (QED) is 0.187. The van der Waals surface area contributed by atoms with Crippen molar-refractivity contribution >= 4 is 29.4 Å². The van der Waals surface area contributed by atoms with Crippen molar-refractivity contribution in [3.63, 3.8) is 0 Å². The molecular weight excluding hydrogens is 326 g/mol. The summed E-state index contributed by atoms with van der Waals surface area (Å²) in [4.78, 5) is 55.9. The van der Waals surface area contributed by atoms with Crippen LogP contribution in [0.3, 0.4) is 0 Å².